The van der Waals surface area contributed by atoms with Crippen LogP contribution in [0.5, 0.6) is 0 Å². The first-order valence-corrected chi connectivity index (χ1v) is 7.65. The van der Waals surface area contributed by atoms with E-state index >= 15 is 0 Å². The van der Waals surface area contributed by atoms with Gasteiger partial charge in [-0.25, -0.2) is 8.42 Å². The molecule has 0 radical (unpaired) electrons. The van der Waals surface area contributed by atoms with Gasteiger partial charge < -0.3 is 4.98 Å². The van der Waals surface area contributed by atoms with Crippen molar-refractivity contribution in [3.63, 3.8) is 0 Å². The van der Waals surface area contributed by atoms with Gasteiger partial charge in [-0.2, -0.15) is 0 Å². The minimum Gasteiger partial charge on any atom is -0.361 e. The third kappa shape index (κ3) is 2.27. The van der Waals surface area contributed by atoms with E-state index < -0.39 is 9.84 Å². The van der Waals surface area contributed by atoms with Gasteiger partial charge in [-0.15, -0.1) is 0 Å². The molecule has 0 amide bonds. The van der Waals surface area contributed by atoms with Crippen LogP contribution in [0.1, 0.15) is 5.56 Å². The van der Waals surface area contributed by atoms with E-state index in [-0.39, 0.29) is 5.75 Å². The first kappa shape index (κ1) is 12.0. The van der Waals surface area contributed by atoms with Gasteiger partial charge in [-0.3, -0.25) is 0 Å². The summed E-state index contributed by atoms with van der Waals surface area (Å²) < 4.78 is 24.7. The molecule has 2 aromatic carbocycles. The average molecular weight is 271 g/mol. The highest BCUT2D eigenvalue weighted by Gasteiger charge is 2.16. The fourth-order valence-electron chi connectivity index (χ4n) is 2.17. The molecule has 3 nitrogen and oxygen atoms in total. The van der Waals surface area contributed by atoms with Gasteiger partial charge in [0.05, 0.1) is 10.6 Å². The van der Waals surface area contributed by atoms with E-state index in [4.69, 9.17) is 0 Å². The maximum Gasteiger partial charge on any atom is 0.182 e. The summed E-state index contributed by atoms with van der Waals surface area (Å²) in [6.45, 7) is 0. The Morgan fingerprint density at radius 1 is 0.895 bits per heavy atom. The van der Waals surface area contributed by atoms with Gasteiger partial charge in [0.15, 0.2) is 9.84 Å². The molecule has 0 saturated heterocycles. The fourth-order valence-corrected chi connectivity index (χ4v) is 3.55. The molecule has 4 heteroatoms. The van der Waals surface area contributed by atoms with Gasteiger partial charge >= 0.3 is 0 Å². The Labute approximate surface area is 111 Å². The molecule has 1 N–H and O–H groups in total. The quantitative estimate of drug-likeness (QED) is 0.795. The summed E-state index contributed by atoms with van der Waals surface area (Å²) in [6.07, 6.45) is 1.77. The Kier molecular flexibility index (Phi) is 2.87. The highest BCUT2D eigenvalue weighted by atomic mass is 32.2. The van der Waals surface area contributed by atoms with E-state index in [1.807, 2.05) is 30.3 Å². The van der Waals surface area contributed by atoms with Gasteiger partial charge in [-0.05, 0) is 23.8 Å². The molecule has 3 rings (SSSR count). The molecule has 1 heterocycles. The molecule has 19 heavy (non-hydrogen) atoms. The largest absolute Gasteiger partial charge is 0.361 e. The van der Waals surface area contributed by atoms with E-state index in [1.54, 1.807) is 30.5 Å². The maximum absolute atomic E-state index is 12.3. The fraction of sp³-hybridized carbons (Fsp3) is 0.0667. The van der Waals surface area contributed by atoms with Crippen LogP contribution in [-0.2, 0) is 15.6 Å². The minimum absolute atomic E-state index is 0.0149. The lowest BCUT2D eigenvalue weighted by Crippen LogP contribution is -2.04. The molecule has 0 aliphatic rings. The zero-order valence-electron chi connectivity index (χ0n) is 10.2. The van der Waals surface area contributed by atoms with E-state index in [0.29, 0.717) is 4.90 Å². The lowest BCUT2D eigenvalue weighted by atomic mass is 10.2. The molecular weight excluding hydrogens is 258 g/mol. The van der Waals surface area contributed by atoms with E-state index in [2.05, 4.69) is 4.98 Å². The topological polar surface area (TPSA) is 49.9 Å². The van der Waals surface area contributed by atoms with Crippen molar-refractivity contribution in [2.75, 3.05) is 0 Å². The van der Waals surface area contributed by atoms with Gasteiger partial charge in [0, 0.05) is 17.1 Å². The predicted molar refractivity (Wildman–Crippen MR) is 75.6 cm³/mol. The van der Waals surface area contributed by atoms with Gasteiger partial charge in [0.25, 0.3) is 0 Å². The smallest absolute Gasteiger partial charge is 0.182 e. The predicted octanol–water partition coefficient (Wildman–Crippen LogP) is 3.14. The summed E-state index contributed by atoms with van der Waals surface area (Å²) in [4.78, 5) is 3.46. The van der Waals surface area contributed by atoms with Crippen molar-refractivity contribution in [1.82, 2.24) is 4.98 Å². The Morgan fingerprint density at radius 2 is 1.58 bits per heavy atom. The SMILES string of the molecule is O=S(=O)(Cc1c[nH]c2ccccc12)c1ccccc1. The lowest BCUT2D eigenvalue weighted by Gasteiger charge is -2.03. The number of rotatable bonds is 3. The van der Waals surface area contributed by atoms with Crippen LogP contribution in [0.2, 0.25) is 0 Å². The van der Waals surface area contributed by atoms with Crippen LogP contribution in [0.25, 0.3) is 10.9 Å². The summed E-state index contributed by atoms with van der Waals surface area (Å²) in [5, 5.41) is 0.960. The van der Waals surface area contributed by atoms with E-state index in [0.717, 1.165) is 16.5 Å². The second-order valence-corrected chi connectivity index (χ2v) is 6.42. The normalized spacial score (nSPS) is 11.8. The first-order valence-electron chi connectivity index (χ1n) is 6.00. The van der Waals surface area contributed by atoms with Crippen molar-refractivity contribution in [2.24, 2.45) is 0 Å². The van der Waals surface area contributed by atoms with E-state index in [1.165, 1.54) is 0 Å². The molecule has 0 fully saturated rings. The summed E-state index contributed by atoms with van der Waals surface area (Å²) >= 11 is 0. The number of nitrogens with one attached hydrogen (secondary N) is 1. The number of aromatic nitrogens is 1. The molecule has 0 atom stereocenters. The van der Waals surface area contributed by atoms with Crippen molar-refractivity contribution >= 4 is 20.7 Å². The van der Waals surface area contributed by atoms with Crippen LogP contribution >= 0.6 is 0 Å². The summed E-state index contributed by atoms with van der Waals surface area (Å²) in [7, 11) is -3.29. The second-order valence-electron chi connectivity index (χ2n) is 4.43. The van der Waals surface area contributed by atoms with Gasteiger partial charge in [-0.1, -0.05) is 36.4 Å². The zero-order chi connectivity index (χ0) is 13.3. The van der Waals surface area contributed by atoms with Crippen LogP contribution in [0.3, 0.4) is 0 Å². The third-order valence-electron chi connectivity index (χ3n) is 3.12. The number of fused-ring (bicyclic) bond motifs is 1. The second kappa shape index (κ2) is 4.55. The van der Waals surface area contributed by atoms with Crippen molar-refractivity contribution in [3.8, 4) is 0 Å². The minimum atomic E-state index is -3.29. The van der Waals surface area contributed by atoms with Crippen LogP contribution < -0.4 is 0 Å². The number of hydrogen-bond acceptors (Lipinski definition) is 2. The molecule has 0 aliphatic carbocycles. The standard InChI is InChI=1S/C15H13NO2S/c17-19(18,13-6-2-1-3-7-13)11-12-10-16-15-9-5-4-8-14(12)15/h1-10,16H,11H2. The summed E-state index contributed by atoms with van der Waals surface area (Å²) in [6, 6.07) is 16.3. The molecule has 96 valence electrons. The van der Waals surface area contributed by atoms with Crippen LogP contribution in [0, 0.1) is 0 Å². The maximum atomic E-state index is 12.3. The molecule has 0 spiro atoms. The number of aromatic amines is 1. The molecular formula is C15H13NO2S. The zero-order valence-corrected chi connectivity index (χ0v) is 11.0. The lowest BCUT2D eigenvalue weighted by molar-refractivity contribution is 0.595. The Morgan fingerprint density at radius 3 is 2.37 bits per heavy atom. The molecule has 1 aromatic heterocycles. The van der Waals surface area contributed by atoms with Crippen LogP contribution in [0.15, 0.2) is 65.7 Å². The summed E-state index contributed by atoms with van der Waals surface area (Å²) in [5.41, 5.74) is 1.76. The number of para-hydroxylation sites is 1. The number of benzene rings is 2. The average Bonchev–Trinajstić information content (AvgIpc) is 2.83. The highest BCUT2D eigenvalue weighted by molar-refractivity contribution is 7.90. The molecule has 0 saturated carbocycles. The molecule has 0 aliphatic heterocycles. The third-order valence-corrected chi connectivity index (χ3v) is 4.80. The Bertz CT molecular complexity index is 804. The first-order chi connectivity index (χ1) is 9.17. The number of H-pyrrole nitrogens is 1. The number of sulfone groups is 1. The summed E-state index contributed by atoms with van der Waals surface area (Å²) in [5.74, 6) is 0.0149. The molecule has 0 bridgehead atoms. The Balaban J connectivity index is 2.02. The van der Waals surface area contributed by atoms with Crippen LogP contribution in [0.4, 0.5) is 0 Å². The van der Waals surface area contributed by atoms with Crippen molar-refractivity contribution in [1.29, 1.82) is 0 Å². The van der Waals surface area contributed by atoms with E-state index in [9.17, 15) is 8.42 Å². The van der Waals surface area contributed by atoms with Crippen LogP contribution in [-0.4, -0.2) is 13.4 Å². The van der Waals surface area contributed by atoms with Crippen molar-refractivity contribution in [3.05, 3.63) is 66.4 Å². The van der Waals surface area contributed by atoms with Gasteiger partial charge in [0.2, 0.25) is 0 Å². The highest BCUT2D eigenvalue weighted by Crippen LogP contribution is 2.22. The Hall–Kier alpha value is -2.07. The van der Waals surface area contributed by atoms with Gasteiger partial charge in [0.1, 0.15) is 0 Å². The molecule has 3 aromatic rings. The monoisotopic (exact) mass is 271 g/mol. The van der Waals surface area contributed by atoms with Crippen molar-refractivity contribution in [2.45, 2.75) is 10.6 Å². The van der Waals surface area contributed by atoms with Crippen molar-refractivity contribution < 1.29 is 8.42 Å². The molecule has 0 unspecified atom stereocenters. The number of hydrogen-bond donors (Lipinski definition) is 1.